The Morgan fingerprint density at radius 2 is 2.56 bits per heavy atom. The van der Waals surface area contributed by atoms with Gasteiger partial charge in [0, 0.05) is 11.1 Å². The summed E-state index contributed by atoms with van der Waals surface area (Å²) in [5.74, 6) is 0. The highest BCUT2D eigenvalue weighted by atomic mass is 32.2. The Balaban J connectivity index is 2.98. The highest BCUT2D eigenvalue weighted by Crippen LogP contribution is 2.10. The van der Waals surface area contributed by atoms with E-state index in [-0.39, 0.29) is 4.34 Å². The van der Waals surface area contributed by atoms with Gasteiger partial charge in [-0.2, -0.15) is 0 Å². The van der Waals surface area contributed by atoms with Gasteiger partial charge in [0.1, 0.15) is 0 Å². The van der Waals surface area contributed by atoms with Gasteiger partial charge in [0.15, 0.2) is 0 Å². The van der Waals surface area contributed by atoms with Crippen molar-refractivity contribution in [1.29, 1.82) is 0 Å². The molecule has 3 nitrogen and oxygen atoms in total. The van der Waals surface area contributed by atoms with Crippen LogP contribution in [0.2, 0.25) is 0 Å². The molecule has 0 amide bonds. The van der Waals surface area contributed by atoms with Crippen molar-refractivity contribution in [3.8, 4) is 0 Å². The molecule has 1 heterocycles. The van der Waals surface area contributed by atoms with E-state index in [4.69, 9.17) is 4.55 Å². The first kappa shape index (κ1) is 6.85. The lowest BCUT2D eigenvalue weighted by molar-refractivity contribution is 0.563. The molecule has 50 valence electrons. The molecule has 1 atom stereocenters. The van der Waals surface area contributed by atoms with E-state index in [9.17, 15) is 4.21 Å². The van der Waals surface area contributed by atoms with Crippen LogP contribution in [0.25, 0.3) is 0 Å². The summed E-state index contributed by atoms with van der Waals surface area (Å²) in [4.78, 5) is 3.78. The number of rotatable bonds is 1. The number of nitrogens with zero attached hydrogens (tertiary/aromatic N) is 1. The number of hydrogen-bond donors (Lipinski definition) is 1. The van der Waals surface area contributed by atoms with Crippen LogP contribution in [0, 0.1) is 6.92 Å². The van der Waals surface area contributed by atoms with Crippen LogP contribution in [0.4, 0.5) is 0 Å². The van der Waals surface area contributed by atoms with Gasteiger partial charge in [0.25, 0.3) is 0 Å². The molecule has 0 aromatic carbocycles. The number of thiazole rings is 1. The van der Waals surface area contributed by atoms with Crippen LogP contribution in [0.5, 0.6) is 0 Å². The van der Waals surface area contributed by atoms with Crippen LogP contribution in [0.15, 0.2) is 9.72 Å². The Labute approximate surface area is 59.0 Å². The highest BCUT2D eigenvalue weighted by Gasteiger charge is 2.02. The Hall–Kier alpha value is -0.260. The fraction of sp³-hybridized carbons (Fsp3) is 0.250. The molecule has 1 aromatic rings. The third kappa shape index (κ3) is 1.57. The number of aromatic nitrogens is 1. The third-order valence-corrected chi connectivity index (χ3v) is 2.61. The van der Waals surface area contributed by atoms with Crippen molar-refractivity contribution < 1.29 is 8.76 Å². The van der Waals surface area contributed by atoms with E-state index in [0.29, 0.717) is 0 Å². The van der Waals surface area contributed by atoms with Gasteiger partial charge < -0.3 is 4.55 Å². The Morgan fingerprint density at radius 1 is 1.89 bits per heavy atom. The first-order chi connectivity index (χ1) is 4.20. The zero-order valence-electron chi connectivity index (χ0n) is 4.70. The van der Waals surface area contributed by atoms with E-state index in [0.717, 1.165) is 5.69 Å². The second-order valence-corrected chi connectivity index (χ2v) is 3.51. The van der Waals surface area contributed by atoms with Crippen molar-refractivity contribution >= 4 is 22.4 Å². The van der Waals surface area contributed by atoms with E-state index < -0.39 is 11.1 Å². The molecule has 0 aliphatic heterocycles. The number of hydrogen-bond acceptors (Lipinski definition) is 3. The first-order valence-corrected chi connectivity index (χ1v) is 4.22. The van der Waals surface area contributed by atoms with Crippen LogP contribution in [-0.2, 0) is 11.1 Å². The van der Waals surface area contributed by atoms with Crippen LogP contribution >= 0.6 is 11.3 Å². The molecule has 5 heteroatoms. The maximum Gasteiger partial charge on any atom is 0.216 e. The summed E-state index contributed by atoms with van der Waals surface area (Å²) in [5, 5.41) is 1.74. The summed E-state index contributed by atoms with van der Waals surface area (Å²) < 4.78 is 19.0. The minimum absolute atomic E-state index is 0.271. The molecule has 0 radical (unpaired) electrons. The lowest BCUT2D eigenvalue weighted by Crippen LogP contribution is -1.85. The van der Waals surface area contributed by atoms with Gasteiger partial charge in [-0.3, -0.25) is 0 Å². The SMILES string of the molecule is Cc1csc(S(=O)O)n1. The van der Waals surface area contributed by atoms with Gasteiger partial charge in [-0.1, -0.05) is 0 Å². The summed E-state index contributed by atoms with van der Waals surface area (Å²) in [6.07, 6.45) is 0. The standard InChI is InChI=1S/C4H5NO2S2/c1-3-2-8-4(5-3)9(6)7/h2H,1H3,(H,6,7). The Morgan fingerprint density at radius 3 is 2.78 bits per heavy atom. The minimum atomic E-state index is -1.90. The van der Waals surface area contributed by atoms with Crippen molar-refractivity contribution in [2.24, 2.45) is 0 Å². The zero-order chi connectivity index (χ0) is 6.85. The molecular formula is C4H5NO2S2. The van der Waals surface area contributed by atoms with E-state index >= 15 is 0 Å². The second-order valence-electron chi connectivity index (χ2n) is 1.50. The van der Waals surface area contributed by atoms with Crippen molar-refractivity contribution in [3.05, 3.63) is 11.1 Å². The van der Waals surface area contributed by atoms with Gasteiger partial charge >= 0.3 is 0 Å². The molecule has 1 unspecified atom stereocenters. The lowest BCUT2D eigenvalue weighted by atomic mass is 10.6. The van der Waals surface area contributed by atoms with Crippen molar-refractivity contribution in [3.63, 3.8) is 0 Å². The maximum absolute atomic E-state index is 10.3. The molecule has 0 fully saturated rings. The summed E-state index contributed by atoms with van der Waals surface area (Å²) in [6.45, 7) is 1.78. The predicted molar refractivity (Wildman–Crippen MR) is 35.9 cm³/mol. The van der Waals surface area contributed by atoms with Gasteiger partial charge in [0.2, 0.25) is 15.4 Å². The van der Waals surface area contributed by atoms with Gasteiger partial charge in [-0.05, 0) is 6.92 Å². The molecule has 0 spiro atoms. The van der Waals surface area contributed by atoms with Crippen molar-refractivity contribution in [2.75, 3.05) is 0 Å². The van der Waals surface area contributed by atoms with Gasteiger partial charge in [-0.25, -0.2) is 9.19 Å². The Bertz CT molecular complexity index is 232. The molecule has 1 N–H and O–H groups in total. The second kappa shape index (κ2) is 2.55. The average molecular weight is 163 g/mol. The van der Waals surface area contributed by atoms with Gasteiger partial charge in [0.05, 0.1) is 0 Å². The molecule has 1 aromatic heterocycles. The van der Waals surface area contributed by atoms with Gasteiger partial charge in [-0.15, -0.1) is 11.3 Å². The van der Waals surface area contributed by atoms with Crippen LogP contribution in [0.1, 0.15) is 5.69 Å². The van der Waals surface area contributed by atoms with Crippen LogP contribution < -0.4 is 0 Å². The molecular weight excluding hydrogens is 158 g/mol. The summed E-state index contributed by atoms with van der Waals surface area (Å²) >= 11 is -0.704. The van der Waals surface area contributed by atoms with Crippen molar-refractivity contribution in [1.82, 2.24) is 4.98 Å². The summed E-state index contributed by atoms with van der Waals surface area (Å²) in [7, 11) is 0. The molecule has 0 aliphatic carbocycles. The molecule has 9 heavy (non-hydrogen) atoms. The summed E-state index contributed by atoms with van der Waals surface area (Å²) in [6, 6.07) is 0. The minimum Gasteiger partial charge on any atom is -0.300 e. The molecule has 0 bridgehead atoms. The zero-order valence-corrected chi connectivity index (χ0v) is 6.33. The quantitative estimate of drug-likeness (QED) is 0.629. The molecule has 1 rings (SSSR count). The largest absolute Gasteiger partial charge is 0.300 e. The lowest BCUT2D eigenvalue weighted by Gasteiger charge is -1.80. The third-order valence-electron chi connectivity index (χ3n) is 0.747. The molecule has 0 saturated heterocycles. The Kier molecular flexibility index (Phi) is 1.94. The average Bonchev–Trinajstić information content (AvgIpc) is 2.14. The normalized spacial score (nSPS) is 13.6. The van der Waals surface area contributed by atoms with E-state index in [1.54, 1.807) is 12.3 Å². The predicted octanol–water partition coefficient (Wildman–Crippen LogP) is 1.03. The van der Waals surface area contributed by atoms with Crippen LogP contribution in [0.3, 0.4) is 0 Å². The smallest absolute Gasteiger partial charge is 0.216 e. The molecule has 0 saturated carbocycles. The van der Waals surface area contributed by atoms with Crippen LogP contribution in [-0.4, -0.2) is 13.7 Å². The number of aryl methyl sites for hydroxylation is 1. The van der Waals surface area contributed by atoms with E-state index in [1.165, 1.54) is 11.3 Å². The molecule has 0 aliphatic rings. The van der Waals surface area contributed by atoms with E-state index in [2.05, 4.69) is 4.98 Å². The fourth-order valence-corrected chi connectivity index (χ4v) is 1.63. The highest BCUT2D eigenvalue weighted by molar-refractivity contribution is 7.81. The summed E-state index contributed by atoms with van der Waals surface area (Å²) in [5.41, 5.74) is 0.789. The topological polar surface area (TPSA) is 50.2 Å². The monoisotopic (exact) mass is 163 g/mol. The van der Waals surface area contributed by atoms with Crippen molar-refractivity contribution in [2.45, 2.75) is 11.3 Å². The first-order valence-electron chi connectivity index (χ1n) is 2.23. The fourth-order valence-electron chi connectivity index (χ4n) is 0.413. The van der Waals surface area contributed by atoms with E-state index in [1.807, 2.05) is 0 Å². The maximum atomic E-state index is 10.3.